The van der Waals surface area contributed by atoms with E-state index >= 15 is 0 Å². The number of nitrogens with one attached hydrogen (secondary N) is 2. The van der Waals surface area contributed by atoms with Crippen molar-refractivity contribution in [2.75, 3.05) is 11.9 Å². The van der Waals surface area contributed by atoms with Gasteiger partial charge in [-0.1, -0.05) is 0 Å². The highest BCUT2D eigenvalue weighted by molar-refractivity contribution is 7.89. The fourth-order valence-electron chi connectivity index (χ4n) is 2.37. The molecule has 1 aromatic carbocycles. The first kappa shape index (κ1) is 14.5. The zero-order valence-corrected chi connectivity index (χ0v) is 13.5. The summed E-state index contributed by atoms with van der Waals surface area (Å²) in [5.41, 5.74) is 2.98. The molecule has 0 amide bonds. The van der Waals surface area contributed by atoms with E-state index in [1.54, 1.807) is 12.1 Å². The molecule has 3 rings (SSSR count). The highest BCUT2D eigenvalue weighted by atomic mass is 32.2. The topological polar surface area (TPSA) is 71.1 Å². The first-order valence-electron chi connectivity index (χ1n) is 6.77. The number of fused-ring (bicyclic) bond motifs is 1. The third kappa shape index (κ3) is 2.95. The molecule has 1 aromatic heterocycles. The van der Waals surface area contributed by atoms with Crippen molar-refractivity contribution in [3.05, 3.63) is 39.8 Å². The Morgan fingerprint density at radius 1 is 1.43 bits per heavy atom. The van der Waals surface area contributed by atoms with Gasteiger partial charge in [-0.25, -0.2) is 18.1 Å². The number of aryl methyl sites for hydroxylation is 1. The molecule has 0 spiro atoms. The molecule has 5 nitrogen and oxygen atoms in total. The smallest absolute Gasteiger partial charge is 0.241 e. The normalized spacial score (nSPS) is 15.5. The summed E-state index contributed by atoms with van der Waals surface area (Å²) in [6.07, 6.45) is 0.861. The first-order chi connectivity index (χ1) is 9.95. The summed E-state index contributed by atoms with van der Waals surface area (Å²) in [5.74, 6) is 0. The highest BCUT2D eigenvalue weighted by Crippen LogP contribution is 2.26. The van der Waals surface area contributed by atoms with Crippen LogP contribution in [0.15, 0.2) is 28.5 Å². The number of thiazole rings is 1. The quantitative estimate of drug-likeness (QED) is 0.907. The molecule has 0 aliphatic carbocycles. The molecule has 1 aliphatic rings. The summed E-state index contributed by atoms with van der Waals surface area (Å²) in [4.78, 5) is 4.64. The molecule has 0 bridgehead atoms. The third-order valence-electron chi connectivity index (χ3n) is 3.44. The van der Waals surface area contributed by atoms with E-state index in [0.29, 0.717) is 4.90 Å². The van der Waals surface area contributed by atoms with E-state index in [2.05, 4.69) is 15.0 Å². The van der Waals surface area contributed by atoms with Crippen LogP contribution < -0.4 is 10.0 Å². The van der Waals surface area contributed by atoms with Gasteiger partial charge in [-0.15, -0.1) is 11.3 Å². The summed E-state index contributed by atoms with van der Waals surface area (Å²) < 4.78 is 27.6. The van der Waals surface area contributed by atoms with Crippen molar-refractivity contribution in [2.45, 2.75) is 31.2 Å². The average molecular weight is 323 g/mol. The number of benzene rings is 1. The molecule has 0 fully saturated rings. The van der Waals surface area contributed by atoms with Crippen molar-refractivity contribution in [3.63, 3.8) is 0 Å². The minimum absolute atomic E-state index is 0.310. The molecule has 7 heteroatoms. The van der Waals surface area contributed by atoms with E-state index in [4.69, 9.17) is 0 Å². The summed E-state index contributed by atoms with van der Waals surface area (Å²) in [6, 6.07) is 4.88. The van der Waals surface area contributed by atoms with Gasteiger partial charge in [0.25, 0.3) is 0 Å². The van der Waals surface area contributed by atoms with Crippen LogP contribution in [0.1, 0.15) is 29.2 Å². The van der Waals surface area contributed by atoms with Gasteiger partial charge in [0.1, 0.15) is 5.01 Å². The number of hydrogen-bond acceptors (Lipinski definition) is 5. The Bertz CT molecular complexity index is 768. The number of hydrogen-bond donors (Lipinski definition) is 2. The molecule has 1 atom stereocenters. The van der Waals surface area contributed by atoms with Crippen LogP contribution in [0.25, 0.3) is 0 Å². The monoisotopic (exact) mass is 323 g/mol. The van der Waals surface area contributed by atoms with E-state index in [1.807, 2.05) is 25.3 Å². The Morgan fingerprint density at radius 3 is 2.95 bits per heavy atom. The Labute approximate surface area is 128 Å². The summed E-state index contributed by atoms with van der Waals surface area (Å²) in [6.45, 7) is 4.57. The second-order valence-corrected chi connectivity index (χ2v) is 7.77. The van der Waals surface area contributed by atoms with Crippen LogP contribution >= 0.6 is 11.3 Å². The summed E-state index contributed by atoms with van der Waals surface area (Å²) in [7, 11) is -3.53. The molecule has 1 unspecified atom stereocenters. The van der Waals surface area contributed by atoms with Crippen molar-refractivity contribution in [1.82, 2.24) is 9.71 Å². The number of aromatic nitrogens is 1. The molecule has 0 saturated carbocycles. The van der Waals surface area contributed by atoms with Gasteiger partial charge in [-0.05, 0) is 44.0 Å². The molecule has 21 heavy (non-hydrogen) atoms. The average Bonchev–Trinajstić information content (AvgIpc) is 3.05. The van der Waals surface area contributed by atoms with Crippen LogP contribution in [0, 0.1) is 6.92 Å². The van der Waals surface area contributed by atoms with Gasteiger partial charge in [-0.3, -0.25) is 0 Å². The maximum atomic E-state index is 12.5. The standard InChI is InChI=1S/C14H17N3O2S2/c1-9-8-20-14(16-9)10(2)17-21(18,19)12-3-4-13-11(7-12)5-6-15-13/h3-4,7-8,10,15,17H,5-6H2,1-2H3. The van der Waals surface area contributed by atoms with Crippen LogP contribution in [0.2, 0.25) is 0 Å². The zero-order valence-electron chi connectivity index (χ0n) is 11.9. The lowest BCUT2D eigenvalue weighted by Gasteiger charge is -2.12. The second kappa shape index (κ2) is 5.40. The molecule has 0 saturated heterocycles. The predicted molar refractivity (Wildman–Crippen MR) is 84.2 cm³/mol. The minimum Gasteiger partial charge on any atom is -0.384 e. The van der Waals surface area contributed by atoms with E-state index in [9.17, 15) is 8.42 Å². The Hall–Kier alpha value is -1.44. The van der Waals surface area contributed by atoms with Crippen LogP contribution in [-0.4, -0.2) is 19.9 Å². The minimum atomic E-state index is -3.53. The van der Waals surface area contributed by atoms with Crippen molar-refractivity contribution in [3.8, 4) is 0 Å². The lowest BCUT2D eigenvalue weighted by Crippen LogP contribution is -2.26. The van der Waals surface area contributed by atoms with E-state index < -0.39 is 10.0 Å². The number of anilines is 1. The molecule has 2 heterocycles. The summed E-state index contributed by atoms with van der Waals surface area (Å²) in [5, 5.41) is 5.92. The van der Waals surface area contributed by atoms with Crippen LogP contribution in [0.4, 0.5) is 5.69 Å². The zero-order chi connectivity index (χ0) is 15.0. The number of sulfonamides is 1. The third-order valence-corrected chi connectivity index (χ3v) is 6.12. The summed E-state index contributed by atoms with van der Waals surface area (Å²) >= 11 is 1.47. The Morgan fingerprint density at radius 2 is 2.24 bits per heavy atom. The fourth-order valence-corrected chi connectivity index (χ4v) is 4.51. The first-order valence-corrected chi connectivity index (χ1v) is 9.13. The van der Waals surface area contributed by atoms with Crippen LogP contribution in [0.3, 0.4) is 0 Å². The van der Waals surface area contributed by atoms with Crippen LogP contribution in [0.5, 0.6) is 0 Å². The van der Waals surface area contributed by atoms with E-state index in [1.165, 1.54) is 11.3 Å². The predicted octanol–water partition coefficient (Wildman–Crippen LogP) is 2.46. The van der Waals surface area contributed by atoms with Gasteiger partial charge < -0.3 is 5.32 Å². The Kier molecular flexibility index (Phi) is 3.73. The van der Waals surface area contributed by atoms with Gasteiger partial charge in [0, 0.05) is 23.3 Å². The van der Waals surface area contributed by atoms with Crippen molar-refractivity contribution < 1.29 is 8.42 Å². The molecule has 112 valence electrons. The molecule has 1 aliphatic heterocycles. The van der Waals surface area contributed by atoms with Gasteiger partial charge in [0.15, 0.2) is 0 Å². The van der Waals surface area contributed by atoms with Crippen molar-refractivity contribution in [1.29, 1.82) is 0 Å². The molecule has 2 N–H and O–H groups in total. The maximum absolute atomic E-state index is 12.5. The van der Waals surface area contributed by atoms with Gasteiger partial charge in [-0.2, -0.15) is 0 Å². The largest absolute Gasteiger partial charge is 0.384 e. The highest BCUT2D eigenvalue weighted by Gasteiger charge is 2.22. The van der Waals surface area contributed by atoms with Gasteiger partial charge in [0.2, 0.25) is 10.0 Å². The second-order valence-electron chi connectivity index (χ2n) is 5.17. The van der Waals surface area contributed by atoms with Crippen molar-refractivity contribution in [2.24, 2.45) is 0 Å². The lowest BCUT2D eigenvalue weighted by molar-refractivity contribution is 0.566. The SMILES string of the molecule is Cc1csc(C(C)NS(=O)(=O)c2ccc3c(c2)CCN3)n1. The van der Waals surface area contributed by atoms with E-state index in [-0.39, 0.29) is 6.04 Å². The molecule has 0 radical (unpaired) electrons. The van der Waals surface area contributed by atoms with Crippen LogP contribution in [-0.2, 0) is 16.4 Å². The van der Waals surface area contributed by atoms with Gasteiger partial charge >= 0.3 is 0 Å². The maximum Gasteiger partial charge on any atom is 0.241 e. The molecular weight excluding hydrogens is 306 g/mol. The number of rotatable bonds is 4. The molecular formula is C14H17N3O2S2. The van der Waals surface area contributed by atoms with Crippen molar-refractivity contribution >= 4 is 27.0 Å². The lowest BCUT2D eigenvalue weighted by atomic mass is 10.2. The fraction of sp³-hybridized carbons (Fsp3) is 0.357. The van der Waals surface area contributed by atoms with Gasteiger partial charge in [0.05, 0.1) is 10.9 Å². The molecule has 2 aromatic rings. The van der Waals surface area contributed by atoms with E-state index in [0.717, 1.165) is 34.9 Å². The number of nitrogens with zero attached hydrogens (tertiary/aromatic N) is 1. The Balaban J connectivity index is 1.83.